The van der Waals surface area contributed by atoms with Gasteiger partial charge in [-0.2, -0.15) is 5.10 Å². The van der Waals surface area contributed by atoms with E-state index in [-0.39, 0.29) is 0 Å². The van der Waals surface area contributed by atoms with Gasteiger partial charge in [0.1, 0.15) is 0 Å². The summed E-state index contributed by atoms with van der Waals surface area (Å²) in [6, 6.07) is 0. The molecule has 15 heavy (non-hydrogen) atoms. The lowest BCUT2D eigenvalue weighted by atomic mass is 10.0. The second-order valence-electron chi connectivity index (χ2n) is 4.67. The van der Waals surface area contributed by atoms with E-state index < -0.39 is 5.91 Å². The molecule has 4 nitrogen and oxygen atoms in total. The number of nitrogens with two attached hydrogens (primary N) is 1. The third-order valence-corrected chi connectivity index (χ3v) is 3.86. The summed E-state index contributed by atoms with van der Waals surface area (Å²) in [4.78, 5) is 11.1. The van der Waals surface area contributed by atoms with E-state index in [2.05, 4.69) is 17.1 Å². The molecule has 0 aliphatic heterocycles. The molecule has 3 N–H and O–H groups in total. The van der Waals surface area contributed by atoms with Gasteiger partial charge in [0.15, 0.2) is 5.69 Å². The quantitative estimate of drug-likeness (QED) is 0.778. The van der Waals surface area contributed by atoms with Gasteiger partial charge in [-0.3, -0.25) is 9.89 Å². The lowest BCUT2D eigenvalue weighted by molar-refractivity contribution is 0.0994. The number of H-pyrrole nitrogens is 1. The van der Waals surface area contributed by atoms with E-state index in [4.69, 9.17) is 5.73 Å². The fourth-order valence-electron chi connectivity index (χ4n) is 3.18. The zero-order valence-corrected chi connectivity index (χ0v) is 8.79. The summed E-state index contributed by atoms with van der Waals surface area (Å²) in [6.07, 6.45) is 3.53. The molecule has 0 radical (unpaired) electrons. The minimum atomic E-state index is -0.402. The molecule has 4 heteroatoms. The van der Waals surface area contributed by atoms with Crippen molar-refractivity contribution in [3.8, 4) is 0 Å². The molecule has 0 saturated heterocycles. The number of fused-ring (bicyclic) bond motifs is 3. The number of primary amides is 1. The second kappa shape index (κ2) is 2.84. The topological polar surface area (TPSA) is 71.8 Å². The van der Waals surface area contributed by atoms with Gasteiger partial charge < -0.3 is 5.73 Å². The van der Waals surface area contributed by atoms with E-state index in [1.807, 2.05) is 0 Å². The van der Waals surface area contributed by atoms with Crippen LogP contribution in [0.4, 0.5) is 0 Å². The standard InChI is InChI=1S/C11H15N3O/c1-2-3-5-6-4-7-9(8(5)6)13-14-10(7)11(12)15/h5-6,8H,2-4H2,1H3,(H2,12,15)(H,13,14)/t5?,6-,8+/m0/s1. The van der Waals surface area contributed by atoms with Gasteiger partial charge in [0.25, 0.3) is 5.91 Å². The molecular formula is C11H15N3O. The Morgan fingerprint density at radius 1 is 1.67 bits per heavy atom. The number of hydrogen-bond acceptors (Lipinski definition) is 2. The van der Waals surface area contributed by atoms with Crippen molar-refractivity contribution in [2.75, 3.05) is 0 Å². The third-order valence-electron chi connectivity index (χ3n) is 3.86. The van der Waals surface area contributed by atoms with E-state index >= 15 is 0 Å². The summed E-state index contributed by atoms with van der Waals surface area (Å²) in [5, 5.41) is 7.01. The van der Waals surface area contributed by atoms with Crippen LogP contribution in [0.3, 0.4) is 0 Å². The van der Waals surface area contributed by atoms with Crippen molar-refractivity contribution in [3.05, 3.63) is 17.0 Å². The smallest absolute Gasteiger partial charge is 0.269 e. The normalized spacial score (nSPS) is 31.1. The molecule has 1 unspecified atom stereocenters. The summed E-state index contributed by atoms with van der Waals surface area (Å²) >= 11 is 0. The maximum atomic E-state index is 11.1. The van der Waals surface area contributed by atoms with Crippen molar-refractivity contribution in [3.63, 3.8) is 0 Å². The fraction of sp³-hybridized carbons (Fsp3) is 0.636. The van der Waals surface area contributed by atoms with E-state index in [9.17, 15) is 4.79 Å². The molecule has 1 amide bonds. The van der Waals surface area contributed by atoms with Crippen LogP contribution >= 0.6 is 0 Å². The minimum Gasteiger partial charge on any atom is -0.364 e. The van der Waals surface area contributed by atoms with Crippen LogP contribution in [0.5, 0.6) is 0 Å². The molecule has 1 aromatic heterocycles. The molecule has 0 aromatic carbocycles. The number of nitrogens with one attached hydrogen (secondary N) is 1. The Bertz CT molecular complexity index is 423. The second-order valence-corrected chi connectivity index (χ2v) is 4.67. The summed E-state index contributed by atoms with van der Waals surface area (Å²) in [7, 11) is 0. The van der Waals surface area contributed by atoms with Crippen LogP contribution in [0.2, 0.25) is 0 Å². The number of carbonyl (C=O) groups excluding carboxylic acids is 1. The Labute approximate surface area is 88.2 Å². The van der Waals surface area contributed by atoms with Gasteiger partial charge in [0.2, 0.25) is 0 Å². The molecule has 3 rings (SSSR count). The Morgan fingerprint density at radius 3 is 3.13 bits per heavy atom. The highest BCUT2D eigenvalue weighted by atomic mass is 16.1. The molecule has 0 bridgehead atoms. The van der Waals surface area contributed by atoms with Crippen LogP contribution in [0.15, 0.2) is 0 Å². The highest BCUT2D eigenvalue weighted by Gasteiger charge is 2.56. The average Bonchev–Trinajstić information content (AvgIpc) is 2.60. The number of aromatic amines is 1. The highest BCUT2D eigenvalue weighted by molar-refractivity contribution is 5.92. The van der Waals surface area contributed by atoms with Crippen LogP contribution in [0.1, 0.15) is 47.4 Å². The Balaban J connectivity index is 1.88. The van der Waals surface area contributed by atoms with E-state index in [1.54, 1.807) is 0 Å². The van der Waals surface area contributed by atoms with Crippen molar-refractivity contribution >= 4 is 5.91 Å². The number of hydrogen-bond donors (Lipinski definition) is 2. The molecule has 0 spiro atoms. The highest BCUT2D eigenvalue weighted by Crippen LogP contribution is 2.62. The predicted octanol–water partition coefficient (Wildman–Crippen LogP) is 1.19. The Hall–Kier alpha value is -1.32. The average molecular weight is 205 g/mol. The number of aromatic nitrogens is 2. The zero-order valence-electron chi connectivity index (χ0n) is 8.79. The molecule has 3 atom stereocenters. The molecule has 80 valence electrons. The van der Waals surface area contributed by atoms with Gasteiger partial charge in [0.05, 0.1) is 0 Å². The molecule has 1 saturated carbocycles. The van der Waals surface area contributed by atoms with Gasteiger partial charge in [-0.05, 0) is 24.7 Å². The maximum absolute atomic E-state index is 11.1. The SMILES string of the molecule is CCCC1[C@H]2c3[nH]nc(C(N)=O)c3C[C@@H]12. The molecule has 1 heterocycles. The summed E-state index contributed by atoms with van der Waals surface area (Å²) in [6.45, 7) is 2.22. The van der Waals surface area contributed by atoms with E-state index in [1.165, 1.54) is 18.5 Å². The number of carbonyl (C=O) groups is 1. The lowest BCUT2D eigenvalue weighted by Crippen LogP contribution is -2.14. The van der Waals surface area contributed by atoms with Gasteiger partial charge in [0, 0.05) is 17.2 Å². The van der Waals surface area contributed by atoms with Gasteiger partial charge in [-0.15, -0.1) is 0 Å². The molecule has 1 aromatic rings. The number of amides is 1. The van der Waals surface area contributed by atoms with Crippen LogP contribution < -0.4 is 5.73 Å². The molecule has 2 aliphatic carbocycles. The van der Waals surface area contributed by atoms with Crippen LogP contribution in [0.25, 0.3) is 0 Å². The van der Waals surface area contributed by atoms with Gasteiger partial charge in [-0.1, -0.05) is 13.3 Å². The Kier molecular flexibility index (Phi) is 1.69. The van der Waals surface area contributed by atoms with Crippen molar-refractivity contribution in [1.82, 2.24) is 10.2 Å². The van der Waals surface area contributed by atoms with Crippen LogP contribution in [-0.4, -0.2) is 16.1 Å². The first kappa shape index (κ1) is 8.95. The molecule has 2 aliphatic rings. The first-order valence-corrected chi connectivity index (χ1v) is 5.61. The minimum absolute atomic E-state index is 0.402. The van der Waals surface area contributed by atoms with E-state index in [0.717, 1.165) is 23.8 Å². The lowest BCUT2D eigenvalue weighted by Gasteiger charge is -2.01. The summed E-state index contributed by atoms with van der Waals surface area (Å²) < 4.78 is 0. The monoisotopic (exact) mass is 205 g/mol. The summed E-state index contributed by atoms with van der Waals surface area (Å²) in [5.74, 6) is 1.82. The van der Waals surface area contributed by atoms with Crippen LogP contribution in [-0.2, 0) is 6.42 Å². The molecular weight excluding hydrogens is 190 g/mol. The predicted molar refractivity (Wildman–Crippen MR) is 55.4 cm³/mol. The largest absolute Gasteiger partial charge is 0.364 e. The maximum Gasteiger partial charge on any atom is 0.269 e. The molecule has 1 fully saturated rings. The van der Waals surface area contributed by atoms with Crippen molar-refractivity contribution in [1.29, 1.82) is 0 Å². The van der Waals surface area contributed by atoms with Crippen molar-refractivity contribution in [2.45, 2.75) is 32.1 Å². The number of nitrogens with zero attached hydrogens (tertiary/aromatic N) is 1. The summed E-state index contributed by atoms with van der Waals surface area (Å²) in [5.41, 5.74) is 8.00. The van der Waals surface area contributed by atoms with Crippen molar-refractivity contribution in [2.24, 2.45) is 17.6 Å². The number of rotatable bonds is 3. The fourth-order valence-corrected chi connectivity index (χ4v) is 3.18. The van der Waals surface area contributed by atoms with Gasteiger partial charge >= 0.3 is 0 Å². The van der Waals surface area contributed by atoms with Crippen LogP contribution in [0, 0.1) is 11.8 Å². The van der Waals surface area contributed by atoms with Gasteiger partial charge in [-0.25, -0.2) is 0 Å². The Morgan fingerprint density at radius 2 is 2.47 bits per heavy atom. The first-order chi connectivity index (χ1) is 7.24. The first-order valence-electron chi connectivity index (χ1n) is 5.61. The van der Waals surface area contributed by atoms with Crippen molar-refractivity contribution < 1.29 is 4.79 Å². The van der Waals surface area contributed by atoms with E-state index in [0.29, 0.717) is 11.6 Å². The third kappa shape index (κ3) is 1.07. The zero-order chi connectivity index (χ0) is 10.6.